The number of halogens is 1. The van der Waals surface area contributed by atoms with Gasteiger partial charge in [-0.3, -0.25) is 23.2 Å². The molecule has 1 aliphatic heterocycles. The van der Waals surface area contributed by atoms with E-state index in [1.165, 1.54) is 36.7 Å². The van der Waals surface area contributed by atoms with Crippen LogP contribution in [0.3, 0.4) is 0 Å². The van der Waals surface area contributed by atoms with Gasteiger partial charge in [-0.15, -0.1) is 0 Å². The van der Waals surface area contributed by atoms with Gasteiger partial charge in [0.1, 0.15) is 5.75 Å². The van der Waals surface area contributed by atoms with Crippen molar-refractivity contribution in [3.05, 3.63) is 58.9 Å². The summed E-state index contributed by atoms with van der Waals surface area (Å²) in [6.45, 7) is 3.18. The van der Waals surface area contributed by atoms with Crippen molar-refractivity contribution in [3.63, 3.8) is 0 Å². The van der Waals surface area contributed by atoms with Crippen molar-refractivity contribution in [2.75, 3.05) is 0 Å². The summed E-state index contributed by atoms with van der Waals surface area (Å²) in [7, 11) is -10.5. The Morgan fingerprint density at radius 1 is 1.25 bits per heavy atom. The zero-order chi connectivity index (χ0) is 23.7. The van der Waals surface area contributed by atoms with Crippen molar-refractivity contribution in [2.24, 2.45) is 0 Å². The van der Waals surface area contributed by atoms with E-state index in [1.807, 2.05) is 0 Å². The fraction of sp³-hybridized carbons (Fsp3) is 0.333. The predicted octanol–water partition coefficient (Wildman–Crippen LogP) is 3.96. The highest BCUT2D eigenvalue weighted by atomic mass is 35.5. The zero-order valence-corrected chi connectivity index (χ0v) is 19.4. The first-order chi connectivity index (χ1) is 14.8. The van der Waals surface area contributed by atoms with Crippen LogP contribution in [0.5, 0.6) is 5.75 Å². The lowest BCUT2D eigenvalue weighted by atomic mass is 10.2. The minimum Gasteiger partial charge on any atom is -0.431 e. The van der Waals surface area contributed by atoms with Crippen molar-refractivity contribution >= 4 is 32.9 Å². The highest BCUT2D eigenvalue weighted by Crippen LogP contribution is 2.79. The van der Waals surface area contributed by atoms with Crippen LogP contribution in [0.2, 0.25) is 5.02 Å². The van der Waals surface area contributed by atoms with Gasteiger partial charge in [0, 0.05) is 23.8 Å². The average Bonchev–Trinajstić information content (AvgIpc) is 2.67. The summed E-state index contributed by atoms with van der Waals surface area (Å²) in [4.78, 5) is 36.6. The number of nitrogens with zero attached hydrogens (tertiary/aromatic N) is 1. The van der Waals surface area contributed by atoms with Gasteiger partial charge in [-0.1, -0.05) is 17.7 Å². The van der Waals surface area contributed by atoms with Gasteiger partial charge in [-0.05, 0) is 43.7 Å². The molecule has 0 saturated carbocycles. The van der Waals surface area contributed by atoms with Gasteiger partial charge in [-0.25, -0.2) is 4.79 Å². The molecule has 11 nitrogen and oxygen atoms in total. The molecule has 1 aromatic carbocycles. The highest BCUT2D eigenvalue weighted by molar-refractivity contribution is 7.73. The fourth-order valence-electron chi connectivity index (χ4n) is 2.80. The fourth-order valence-corrected chi connectivity index (χ4v) is 6.54. The van der Waals surface area contributed by atoms with E-state index in [1.54, 1.807) is 13.8 Å². The van der Waals surface area contributed by atoms with Crippen LogP contribution in [0.25, 0.3) is 0 Å². The molecule has 0 spiro atoms. The third-order valence-electron chi connectivity index (χ3n) is 4.30. The van der Waals surface area contributed by atoms with E-state index in [-0.39, 0.29) is 21.9 Å². The monoisotopic (exact) mass is 507 g/mol. The quantitative estimate of drug-likeness (QED) is 0.305. The Morgan fingerprint density at radius 3 is 2.47 bits per heavy atom. The predicted molar refractivity (Wildman–Crippen MR) is 111 cm³/mol. The van der Waals surface area contributed by atoms with Gasteiger partial charge in [0.2, 0.25) is 6.29 Å². The average molecular weight is 508 g/mol. The third-order valence-corrected chi connectivity index (χ3v) is 9.13. The molecular weight excluding hydrogens is 488 g/mol. The van der Waals surface area contributed by atoms with Crippen LogP contribution >= 0.6 is 26.8 Å². The number of pyridine rings is 1. The minimum atomic E-state index is -5.23. The van der Waals surface area contributed by atoms with Crippen molar-refractivity contribution < 1.29 is 47.3 Å². The second-order valence-electron chi connectivity index (χ2n) is 7.10. The molecule has 2 unspecified atom stereocenters. The molecular formula is C18H20ClNO10P2. The second-order valence-corrected chi connectivity index (χ2v) is 11.9. The number of carbonyl (C=O) groups excluding carboxylic acids is 1. The summed E-state index contributed by atoms with van der Waals surface area (Å²) >= 11 is 5.96. The molecule has 0 radical (unpaired) electrons. The van der Waals surface area contributed by atoms with Crippen molar-refractivity contribution in [1.29, 1.82) is 0 Å². The van der Waals surface area contributed by atoms with Crippen LogP contribution in [-0.4, -0.2) is 37.2 Å². The minimum absolute atomic E-state index is 0.0773. The number of hydrogen-bond donors (Lipinski definition) is 3. The molecule has 1 saturated heterocycles. The first kappa shape index (κ1) is 24.8. The number of ether oxygens (including phenoxy) is 2. The summed E-state index contributed by atoms with van der Waals surface area (Å²) in [5, 5.41) is 7.68. The number of benzene rings is 1. The molecule has 1 aromatic heterocycles. The van der Waals surface area contributed by atoms with Gasteiger partial charge >= 0.3 is 21.3 Å². The molecule has 2 heterocycles. The van der Waals surface area contributed by atoms with Gasteiger partial charge in [0.15, 0.2) is 0 Å². The normalized spacial score (nSPS) is 30.2. The molecule has 3 rings (SSSR count). The zero-order valence-electron chi connectivity index (χ0n) is 16.8. The Labute approximate surface area is 187 Å². The molecule has 0 aliphatic carbocycles. The Kier molecular flexibility index (Phi) is 7.14. The molecule has 3 N–H and O–H groups in total. The first-order valence-corrected chi connectivity index (χ1v) is 12.7. The van der Waals surface area contributed by atoms with E-state index >= 15 is 0 Å². The molecule has 174 valence electrons. The van der Waals surface area contributed by atoms with Crippen molar-refractivity contribution in [3.8, 4) is 5.75 Å². The van der Waals surface area contributed by atoms with Crippen LogP contribution in [0, 0.1) is 0 Å². The van der Waals surface area contributed by atoms with E-state index < -0.39 is 45.2 Å². The number of carbonyl (C=O) groups is 1. The topological polar surface area (TPSA) is 162 Å². The maximum absolute atomic E-state index is 12.9. The SMILES string of the molecule is CC(C)OC(=O)Oc1ccc(Cl)cc1C1OP(=O)(O)C(O)(Cc2cccnc2)P(=O)(O)O1. The van der Waals surface area contributed by atoms with Gasteiger partial charge < -0.3 is 24.4 Å². The van der Waals surface area contributed by atoms with E-state index in [0.29, 0.717) is 0 Å². The lowest BCUT2D eigenvalue weighted by molar-refractivity contribution is -0.0589. The van der Waals surface area contributed by atoms with E-state index in [0.717, 1.165) is 6.07 Å². The molecule has 2 aromatic rings. The molecule has 14 heteroatoms. The Morgan fingerprint density at radius 2 is 1.91 bits per heavy atom. The molecule has 2 atom stereocenters. The maximum Gasteiger partial charge on any atom is 0.514 e. The second kappa shape index (κ2) is 9.21. The van der Waals surface area contributed by atoms with Crippen LogP contribution in [0.1, 0.15) is 31.3 Å². The van der Waals surface area contributed by atoms with Crippen LogP contribution in [0.15, 0.2) is 42.7 Å². The van der Waals surface area contributed by atoms with Crippen LogP contribution in [0.4, 0.5) is 4.79 Å². The van der Waals surface area contributed by atoms with E-state index in [9.17, 15) is 28.8 Å². The van der Waals surface area contributed by atoms with Gasteiger partial charge in [0.05, 0.1) is 11.7 Å². The summed E-state index contributed by atoms with van der Waals surface area (Å²) in [5.41, 5.74) is -0.0578. The van der Waals surface area contributed by atoms with Crippen molar-refractivity contribution in [1.82, 2.24) is 4.98 Å². The highest BCUT2D eigenvalue weighted by Gasteiger charge is 2.67. The molecule has 1 aliphatic rings. The van der Waals surface area contributed by atoms with Gasteiger partial charge in [-0.2, -0.15) is 0 Å². The largest absolute Gasteiger partial charge is 0.514 e. The van der Waals surface area contributed by atoms with E-state index in [2.05, 4.69) is 4.98 Å². The van der Waals surface area contributed by atoms with E-state index in [4.69, 9.17) is 30.1 Å². The lowest BCUT2D eigenvalue weighted by Gasteiger charge is -2.41. The number of rotatable bonds is 5. The van der Waals surface area contributed by atoms with Crippen LogP contribution < -0.4 is 4.74 Å². The standard InChI is InChI=1S/C18H20ClNO10P2/c1-11(2)27-17(21)28-15-6-5-13(19)8-14(15)16-29-31(23,24)18(22,32(25,26)30-16)9-12-4-3-7-20-10-12/h3-8,10-11,16,22H,9H2,1-2H3,(H,23,24)(H,25,26). The number of aromatic nitrogens is 1. The van der Waals surface area contributed by atoms with Gasteiger partial charge in [0.25, 0.3) is 5.08 Å². The Bertz CT molecular complexity index is 1070. The molecule has 0 bridgehead atoms. The molecule has 32 heavy (non-hydrogen) atoms. The number of hydrogen-bond acceptors (Lipinski definition) is 9. The molecule has 0 amide bonds. The number of aliphatic hydroxyl groups is 1. The maximum atomic E-state index is 12.9. The smallest absolute Gasteiger partial charge is 0.431 e. The summed E-state index contributed by atoms with van der Waals surface area (Å²) in [6.07, 6.45) is -1.68. The summed E-state index contributed by atoms with van der Waals surface area (Å²) in [6, 6.07) is 6.60. The van der Waals surface area contributed by atoms with Crippen molar-refractivity contribution in [2.45, 2.75) is 37.7 Å². The lowest BCUT2D eigenvalue weighted by Crippen LogP contribution is -2.38. The third kappa shape index (κ3) is 5.06. The Balaban J connectivity index is 1.96. The first-order valence-electron chi connectivity index (χ1n) is 9.16. The van der Waals surface area contributed by atoms with Crippen LogP contribution in [-0.2, 0) is 29.3 Å². The molecule has 1 fully saturated rings. The summed E-state index contributed by atoms with van der Waals surface area (Å²) in [5.74, 6) is -0.261. The Hall–Kier alpha value is -1.81. The summed E-state index contributed by atoms with van der Waals surface area (Å²) < 4.78 is 45.9.